The van der Waals surface area contributed by atoms with E-state index in [0.717, 1.165) is 18.4 Å². The highest BCUT2D eigenvalue weighted by Gasteiger charge is 2.38. The summed E-state index contributed by atoms with van der Waals surface area (Å²) in [5.41, 5.74) is 0.864. The first-order valence-electron chi connectivity index (χ1n) is 6.40. The minimum atomic E-state index is -0.512. The molecular formula is C14H16N2O2. The van der Waals surface area contributed by atoms with E-state index in [2.05, 4.69) is 5.32 Å². The van der Waals surface area contributed by atoms with Gasteiger partial charge < -0.3 is 10.2 Å². The molecule has 0 radical (unpaired) electrons. The third-order valence-corrected chi connectivity index (χ3v) is 3.54. The summed E-state index contributed by atoms with van der Waals surface area (Å²) in [4.78, 5) is 26.1. The maximum atomic E-state index is 12.5. The lowest BCUT2D eigenvalue weighted by Gasteiger charge is -2.23. The topological polar surface area (TPSA) is 49.4 Å². The molecule has 1 heterocycles. The van der Waals surface area contributed by atoms with E-state index < -0.39 is 6.04 Å². The van der Waals surface area contributed by atoms with Crippen LogP contribution >= 0.6 is 0 Å². The molecule has 1 unspecified atom stereocenters. The third-order valence-electron chi connectivity index (χ3n) is 3.54. The first-order chi connectivity index (χ1) is 8.75. The fourth-order valence-corrected chi connectivity index (χ4v) is 2.41. The molecule has 1 aliphatic heterocycles. The Balaban J connectivity index is 1.90. The number of benzene rings is 1. The molecule has 0 spiro atoms. The maximum Gasteiger partial charge on any atom is 0.250 e. The van der Waals surface area contributed by atoms with Crippen LogP contribution in [0, 0.1) is 0 Å². The van der Waals surface area contributed by atoms with Gasteiger partial charge in [-0.2, -0.15) is 0 Å². The number of carbonyl (C=O) groups is 2. The Bertz CT molecular complexity index is 468. The van der Waals surface area contributed by atoms with Crippen LogP contribution in [0.25, 0.3) is 0 Å². The highest BCUT2D eigenvalue weighted by Crippen LogP contribution is 2.31. The fraction of sp³-hybridized carbons (Fsp3) is 0.429. The second-order valence-corrected chi connectivity index (χ2v) is 4.92. The Morgan fingerprint density at radius 1 is 1.11 bits per heavy atom. The molecule has 2 fully saturated rings. The zero-order valence-corrected chi connectivity index (χ0v) is 10.1. The van der Waals surface area contributed by atoms with E-state index in [1.807, 2.05) is 35.2 Å². The monoisotopic (exact) mass is 244 g/mol. The number of hydrogen-bond acceptors (Lipinski definition) is 2. The second kappa shape index (κ2) is 4.44. The van der Waals surface area contributed by atoms with Crippen LogP contribution < -0.4 is 5.32 Å². The van der Waals surface area contributed by atoms with Gasteiger partial charge in [-0.05, 0) is 18.4 Å². The zero-order chi connectivity index (χ0) is 12.5. The lowest BCUT2D eigenvalue weighted by molar-refractivity contribution is -0.134. The Hall–Kier alpha value is -1.84. The molecule has 1 aromatic rings. The lowest BCUT2D eigenvalue weighted by atomic mass is 10.1. The molecular weight excluding hydrogens is 228 g/mol. The first-order valence-corrected chi connectivity index (χ1v) is 6.40. The molecule has 2 aliphatic rings. The number of hydrogen-bond donors (Lipinski definition) is 1. The van der Waals surface area contributed by atoms with Crippen molar-refractivity contribution in [2.75, 3.05) is 6.54 Å². The van der Waals surface area contributed by atoms with Crippen molar-refractivity contribution in [3.8, 4) is 0 Å². The van der Waals surface area contributed by atoms with Crippen LogP contribution in [0.3, 0.4) is 0 Å². The normalized spacial score (nSPS) is 24.7. The second-order valence-electron chi connectivity index (χ2n) is 4.92. The summed E-state index contributed by atoms with van der Waals surface area (Å²) in [7, 11) is 0. The van der Waals surface area contributed by atoms with Gasteiger partial charge in [-0.15, -0.1) is 0 Å². The van der Waals surface area contributed by atoms with E-state index in [4.69, 9.17) is 0 Å². The van der Waals surface area contributed by atoms with E-state index in [1.165, 1.54) is 0 Å². The maximum absolute atomic E-state index is 12.5. The largest absolute Gasteiger partial charge is 0.340 e. The summed E-state index contributed by atoms with van der Waals surface area (Å²) in [5.74, 6) is -0.00472. The number of nitrogens with one attached hydrogen (secondary N) is 1. The molecule has 0 bridgehead atoms. The summed E-state index contributed by atoms with van der Waals surface area (Å²) in [6.07, 6.45) is 2.55. The molecule has 1 saturated heterocycles. The van der Waals surface area contributed by atoms with Crippen LogP contribution in [-0.2, 0) is 9.59 Å². The number of rotatable bonds is 2. The Morgan fingerprint density at radius 3 is 2.50 bits per heavy atom. The van der Waals surface area contributed by atoms with Gasteiger partial charge >= 0.3 is 0 Å². The van der Waals surface area contributed by atoms with Gasteiger partial charge in [0.25, 0.3) is 0 Å². The molecule has 1 aromatic carbocycles. The first kappa shape index (κ1) is 11.3. The molecule has 3 rings (SSSR count). The minimum Gasteiger partial charge on any atom is -0.340 e. The van der Waals surface area contributed by atoms with Crippen molar-refractivity contribution in [1.82, 2.24) is 10.2 Å². The van der Waals surface area contributed by atoms with Crippen molar-refractivity contribution >= 4 is 11.8 Å². The Morgan fingerprint density at radius 2 is 1.83 bits per heavy atom. The molecule has 1 aliphatic carbocycles. The lowest BCUT2D eigenvalue weighted by Crippen LogP contribution is -2.39. The van der Waals surface area contributed by atoms with Crippen LogP contribution in [0.4, 0.5) is 0 Å². The van der Waals surface area contributed by atoms with Crippen molar-refractivity contribution in [3.05, 3.63) is 35.9 Å². The van der Waals surface area contributed by atoms with E-state index in [1.54, 1.807) is 0 Å². The average molecular weight is 244 g/mol. The molecule has 1 atom stereocenters. The SMILES string of the molecule is O=C1CCN(C2CC2)C(=O)C(c2ccccc2)N1. The summed E-state index contributed by atoms with van der Waals surface area (Å²) in [6, 6.07) is 9.31. The quantitative estimate of drug-likeness (QED) is 0.851. The smallest absolute Gasteiger partial charge is 0.250 e. The van der Waals surface area contributed by atoms with Crippen LogP contribution in [0.2, 0.25) is 0 Å². The van der Waals surface area contributed by atoms with Gasteiger partial charge in [0.15, 0.2) is 0 Å². The van der Waals surface area contributed by atoms with Crippen molar-refractivity contribution in [1.29, 1.82) is 0 Å². The Kier molecular flexibility index (Phi) is 2.78. The highest BCUT2D eigenvalue weighted by molar-refractivity contribution is 5.91. The van der Waals surface area contributed by atoms with Crippen molar-refractivity contribution < 1.29 is 9.59 Å². The third kappa shape index (κ3) is 2.10. The van der Waals surface area contributed by atoms with Crippen LogP contribution in [0.1, 0.15) is 30.9 Å². The van der Waals surface area contributed by atoms with Gasteiger partial charge in [0, 0.05) is 19.0 Å². The number of carbonyl (C=O) groups excluding carboxylic acids is 2. The molecule has 1 N–H and O–H groups in total. The van der Waals surface area contributed by atoms with Gasteiger partial charge in [-0.1, -0.05) is 30.3 Å². The van der Waals surface area contributed by atoms with E-state index >= 15 is 0 Å². The molecule has 18 heavy (non-hydrogen) atoms. The minimum absolute atomic E-state index is 0.0366. The van der Waals surface area contributed by atoms with Crippen molar-refractivity contribution in [2.45, 2.75) is 31.3 Å². The van der Waals surface area contributed by atoms with E-state index in [-0.39, 0.29) is 11.8 Å². The molecule has 4 heteroatoms. The molecule has 2 amide bonds. The van der Waals surface area contributed by atoms with Gasteiger partial charge in [0.1, 0.15) is 6.04 Å². The predicted octanol–water partition coefficient (Wildman–Crippen LogP) is 1.24. The Labute approximate surface area is 106 Å². The molecule has 4 nitrogen and oxygen atoms in total. The van der Waals surface area contributed by atoms with Crippen LogP contribution in [-0.4, -0.2) is 29.3 Å². The summed E-state index contributed by atoms with van der Waals surface area (Å²) < 4.78 is 0. The standard InChI is InChI=1S/C14H16N2O2/c17-12-8-9-16(11-6-7-11)14(18)13(15-12)10-4-2-1-3-5-10/h1-5,11,13H,6-9H2,(H,15,17). The number of nitrogens with zero attached hydrogens (tertiary/aromatic N) is 1. The molecule has 1 saturated carbocycles. The fourth-order valence-electron chi connectivity index (χ4n) is 2.41. The summed E-state index contributed by atoms with van der Waals surface area (Å²) >= 11 is 0. The van der Waals surface area contributed by atoms with Gasteiger partial charge in [0.2, 0.25) is 11.8 Å². The molecule has 0 aromatic heterocycles. The summed E-state index contributed by atoms with van der Waals surface area (Å²) in [6.45, 7) is 0.554. The van der Waals surface area contributed by atoms with Crippen molar-refractivity contribution in [2.24, 2.45) is 0 Å². The molecule has 94 valence electrons. The number of amides is 2. The van der Waals surface area contributed by atoms with E-state index in [0.29, 0.717) is 19.0 Å². The highest BCUT2D eigenvalue weighted by atomic mass is 16.2. The average Bonchev–Trinajstić information content (AvgIpc) is 3.21. The van der Waals surface area contributed by atoms with Crippen LogP contribution in [0.15, 0.2) is 30.3 Å². The zero-order valence-electron chi connectivity index (χ0n) is 10.1. The van der Waals surface area contributed by atoms with Crippen LogP contribution in [0.5, 0.6) is 0 Å². The van der Waals surface area contributed by atoms with E-state index in [9.17, 15) is 9.59 Å². The van der Waals surface area contributed by atoms with Gasteiger partial charge in [-0.25, -0.2) is 0 Å². The predicted molar refractivity (Wildman–Crippen MR) is 66.7 cm³/mol. The summed E-state index contributed by atoms with van der Waals surface area (Å²) in [5, 5.41) is 2.83. The van der Waals surface area contributed by atoms with Gasteiger partial charge in [0.05, 0.1) is 0 Å². The van der Waals surface area contributed by atoms with Gasteiger partial charge in [-0.3, -0.25) is 9.59 Å². The van der Waals surface area contributed by atoms with Crippen molar-refractivity contribution in [3.63, 3.8) is 0 Å².